The number of rotatable bonds is 6. The molecule has 0 fully saturated rings. The number of ether oxygens (including phenoxy) is 2. The number of benzene rings is 2. The summed E-state index contributed by atoms with van der Waals surface area (Å²) >= 11 is 0. The Balaban J connectivity index is 1.96. The average molecular weight is 288 g/mol. The molecule has 0 saturated heterocycles. The number of phenolic OH excluding ortho intramolecular Hbond substituents is 2. The van der Waals surface area contributed by atoms with Crippen LogP contribution < -0.4 is 9.47 Å². The summed E-state index contributed by atoms with van der Waals surface area (Å²) in [6.07, 6.45) is 2.43. The monoisotopic (exact) mass is 288 g/mol. The zero-order valence-electron chi connectivity index (χ0n) is 12.3. The van der Waals surface area contributed by atoms with Crippen LogP contribution in [0.2, 0.25) is 0 Å². The highest BCUT2D eigenvalue weighted by molar-refractivity contribution is 5.42. The minimum Gasteiger partial charge on any atom is -0.508 e. The molecular weight excluding hydrogens is 268 g/mol. The highest BCUT2D eigenvalue weighted by Gasteiger charge is 2.05. The SMILES string of the molecule is COc1ccc(O)c(CCCc2ccc(OC)c(O)c2)c1. The molecule has 2 aromatic rings. The van der Waals surface area contributed by atoms with Gasteiger partial charge in [-0.15, -0.1) is 0 Å². The van der Waals surface area contributed by atoms with Crippen LogP contribution in [0.5, 0.6) is 23.0 Å². The fourth-order valence-electron chi connectivity index (χ4n) is 2.26. The lowest BCUT2D eigenvalue weighted by molar-refractivity contribution is 0.373. The maximum absolute atomic E-state index is 9.83. The van der Waals surface area contributed by atoms with Gasteiger partial charge < -0.3 is 19.7 Å². The highest BCUT2D eigenvalue weighted by atomic mass is 16.5. The summed E-state index contributed by atoms with van der Waals surface area (Å²) in [5.41, 5.74) is 1.91. The van der Waals surface area contributed by atoms with Crippen molar-refractivity contribution in [3.8, 4) is 23.0 Å². The van der Waals surface area contributed by atoms with E-state index in [0.717, 1.165) is 36.1 Å². The Bertz CT molecular complexity index is 608. The molecule has 21 heavy (non-hydrogen) atoms. The quantitative estimate of drug-likeness (QED) is 0.856. The van der Waals surface area contributed by atoms with Gasteiger partial charge in [-0.05, 0) is 60.7 Å². The lowest BCUT2D eigenvalue weighted by atomic mass is 10.0. The van der Waals surface area contributed by atoms with Crippen molar-refractivity contribution in [1.82, 2.24) is 0 Å². The molecule has 0 spiro atoms. The van der Waals surface area contributed by atoms with Crippen molar-refractivity contribution in [2.45, 2.75) is 19.3 Å². The summed E-state index contributed by atoms with van der Waals surface area (Å²) in [5.74, 6) is 1.65. The highest BCUT2D eigenvalue weighted by Crippen LogP contribution is 2.28. The van der Waals surface area contributed by atoms with Crippen molar-refractivity contribution in [2.75, 3.05) is 14.2 Å². The van der Waals surface area contributed by atoms with E-state index >= 15 is 0 Å². The standard InChI is InChI=1S/C17H20O4/c1-20-14-7-8-15(18)13(11-14)5-3-4-12-6-9-17(21-2)16(19)10-12/h6-11,18-19H,3-5H2,1-2H3. The number of aryl methyl sites for hydroxylation is 2. The van der Waals surface area contributed by atoms with Gasteiger partial charge in [-0.2, -0.15) is 0 Å². The van der Waals surface area contributed by atoms with Crippen LogP contribution in [-0.4, -0.2) is 24.4 Å². The number of phenols is 2. The van der Waals surface area contributed by atoms with Gasteiger partial charge in [-0.25, -0.2) is 0 Å². The maximum atomic E-state index is 9.83. The Labute approximate surface area is 124 Å². The maximum Gasteiger partial charge on any atom is 0.160 e. The first-order valence-electron chi connectivity index (χ1n) is 6.86. The minimum atomic E-state index is 0.152. The van der Waals surface area contributed by atoms with E-state index in [-0.39, 0.29) is 11.5 Å². The third-order valence-electron chi connectivity index (χ3n) is 3.44. The molecule has 0 aliphatic heterocycles. The first kappa shape index (κ1) is 15.0. The lowest BCUT2D eigenvalue weighted by Crippen LogP contribution is -1.93. The van der Waals surface area contributed by atoms with E-state index in [0.29, 0.717) is 5.75 Å². The smallest absolute Gasteiger partial charge is 0.160 e. The average Bonchev–Trinajstić information content (AvgIpc) is 2.49. The number of aromatic hydroxyl groups is 2. The van der Waals surface area contributed by atoms with Gasteiger partial charge in [0.15, 0.2) is 11.5 Å². The second-order valence-electron chi connectivity index (χ2n) is 4.85. The Morgan fingerprint density at radius 2 is 1.67 bits per heavy atom. The zero-order chi connectivity index (χ0) is 15.2. The molecule has 0 aliphatic rings. The fraction of sp³-hybridized carbons (Fsp3) is 0.294. The van der Waals surface area contributed by atoms with Crippen molar-refractivity contribution >= 4 is 0 Å². The molecule has 2 rings (SSSR count). The van der Waals surface area contributed by atoms with Crippen LogP contribution in [0.4, 0.5) is 0 Å². The van der Waals surface area contributed by atoms with Crippen LogP contribution in [-0.2, 0) is 12.8 Å². The van der Waals surface area contributed by atoms with Crippen LogP contribution in [0, 0.1) is 0 Å². The van der Waals surface area contributed by atoms with E-state index in [1.165, 1.54) is 7.11 Å². The Hall–Kier alpha value is -2.36. The number of hydrogen-bond acceptors (Lipinski definition) is 4. The van der Waals surface area contributed by atoms with Crippen LogP contribution in [0.3, 0.4) is 0 Å². The normalized spacial score (nSPS) is 10.4. The molecule has 4 heteroatoms. The molecular formula is C17H20O4. The van der Waals surface area contributed by atoms with Gasteiger partial charge in [0.25, 0.3) is 0 Å². The van der Waals surface area contributed by atoms with Crippen LogP contribution >= 0.6 is 0 Å². The molecule has 0 heterocycles. The molecule has 0 radical (unpaired) electrons. The molecule has 0 atom stereocenters. The Morgan fingerprint density at radius 3 is 2.33 bits per heavy atom. The molecule has 4 nitrogen and oxygen atoms in total. The molecule has 0 unspecified atom stereocenters. The van der Waals surface area contributed by atoms with Crippen LogP contribution in [0.15, 0.2) is 36.4 Å². The van der Waals surface area contributed by atoms with Crippen molar-refractivity contribution in [1.29, 1.82) is 0 Å². The molecule has 0 amide bonds. The third-order valence-corrected chi connectivity index (χ3v) is 3.44. The van der Waals surface area contributed by atoms with E-state index in [2.05, 4.69) is 0 Å². The lowest BCUT2D eigenvalue weighted by Gasteiger charge is -2.08. The summed E-state index contributed by atoms with van der Waals surface area (Å²) in [6, 6.07) is 10.6. The van der Waals surface area contributed by atoms with E-state index in [1.54, 1.807) is 31.4 Å². The third kappa shape index (κ3) is 3.81. The van der Waals surface area contributed by atoms with E-state index in [9.17, 15) is 10.2 Å². The molecule has 0 aliphatic carbocycles. The summed E-state index contributed by atoms with van der Waals surface area (Å²) in [6.45, 7) is 0. The molecule has 0 saturated carbocycles. The summed E-state index contributed by atoms with van der Waals surface area (Å²) in [4.78, 5) is 0. The zero-order valence-corrected chi connectivity index (χ0v) is 12.3. The summed E-state index contributed by atoms with van der Waals surface area (Å²) in [5, 5.41) is 19.6. The number of methoxy groups -OCH3 is 2. The predicted octanol–water partition coefficient (Wildman–Crippen LogP) is 3.29. The summed E-state index contributed by atoms with van der Waals surface area (Å²) in [7, 11) is 3.14. The van der Waals surface area contributed by atoms with Gasteiger partial charge >= 0.3 is 0 Å². The van der Waals surface area contributed by atoms with Crippen molar-refractivity contribution in [3.63, 3.8) is 0 Å². The van der Waals surface area contributed by atoms with E-state index in [1.807, 2.05) is 12.1 Å². The first-order chi connectivity index (χ1) is 10.1. The summed E-state index contributed by atoms with van der Waals surface area (Å²) < 4.78 is 10.2. The van der Waals surface area contributed by atoms with Gasteiger partial charge in [0, 0.05) is 0 Å². The van der Waals surface area contributed by atoms with Gasteiger partial charge in [0.1, 0.15) is 11.5 Å². The second-order valence-corrected chi connectivity index (χ2v) is 4.85. The van der Waals surface area contributed by atoms with Gasteiger partial charge in [0.2, 0.25) is 0 Å². The van der Waals surface area contributed by atoms with Gasteiger partial charge in [-0.3, -0.25) is 0 Å². The van der Waals surface area contributed by atoms with Crippen LogP contribution in [0.1, 0.15) is 17.5 Å². The Morgan fingerprint density at radius 1 is 0.857 bits per heavy atom. The topological polar surface area (TPSA) is 58.9 Å². The molecule has 112 valence electrons. The second kappa shape index (κ2) is 6.88. The first-order valence-corrected chi connectivity index (χ1v) is 6.86. The molecule has 2 aromatic carbocycles. The van der Waals surface area contributed by atoms with Crippen molar-refractivity contribution in [2.24, 2.45) is 0 Å². The number of hydrogen-bond donors (Lipinski definition) is 2. The van der Waals surface area contributed by atoms with Crippen molar-refractivity contribution in [3.05, 3.63) is 47.5 Å². The fourth-order valence-corrected chi connectivity index (χ4v) is 2.26. The Kier molecular flexibility index (Phi) is 4.93. The van der Waals surface area contributed by atoms with Crippen LogP contribution in [0.25, 0.3) is 0 Å². The van der Waals surface area contributed by atoms with Crippen molar-refractivity contribution < 1.29 is 19.7 Å². The van der Waals surface area contributed by atoms with E-state index in [4.69, 9.17) is 9.47 Å². The minimum absolute atomic E-state index is 0.152. The van der Waals surface area contributed by atoms with Gasteiger partial charge in [0.05, 0.1) is 14.2 Å². The molecule has 0 aromatic heterocycles. The van der Waals surface area contributed by atoms with E-state index < -0.39 is 0 Å². The largest absolute Gasteiger partial charge is 0.508 e. The molecule has 2 N–H and O–H groups in total. The predicted molar refractivity (Wildman–Crippen MR) is 81.3 cm³/mol. The molecule has 0 bridgehead atoms. The van der Waals surface area contributed by atoms with Gasteiger partial charge in [-0.1, -0.05) is 6.07 Å².